The Labute approximate surface area is 140 Å². The minimum atomic E-state index is -0.667. The van der Waals surface area contributed by atoms with Crippen molar-refractivity contribution in [2.45, 2.75) is 13.0 Å². The summed E-state index contributed by atoms with van der Waals surface area (Å²) in [6.07, 6.45) is 3.39. The van der Waals surface area contributed by atoms with Gasteiger partial charge in [0.05, 0.1) is 0 Å². The summed E-state index contributed by atoms with van der Waals surface area (Å²) in [6.45, 7) is 1.96. The summed E-state index contributed by atoms with van der Waals surface area (Å²) in [5.41, 5.74) is 1.98. The summed E-state index contributed by atoms with van der Waals surface area (Å²) in [5, 5.41) is 2.89. The van der Waals surface area contributed by atoms with Crippen LogP contribution in [0.3, 0.4) is 0 Å². The zero-order valence-electron chi connectivity index (χ0n) is 13.5. The van der Waals surface area contributed by atoms with Crippen molar-refractivity contribution in [1.82, 2.24) is 14.9 Å². The molecule has 0 bridgehead atoms. The number of imidazole rings is 1. The van der Waals surface area contributed by atoms with Crippen LogP contribution >= 0.6 is 0 Å². The van der Waals surface area contributed by atoms with Gasteiger partial charge in [-0.05, 0) is 25.1 Å². The lowest BCUT2D eigenvalue weighted by atomic mass is 10.0. The van der Waals surface area contributed by atoms with Gasteiger partial charge < -0.3 is 9.88 Å². The molecule has 0 aliphatic heterocycles. The molecule has 5 heteroatoms. The third-order valence-corrected chi connectivity index (χ3v) is 3.92. The van der Waals surface area contributed by atoms with Gasteiger partial charge in [0.25, 0.3) is 5.91 Å². The molecule has 3 rings (SSSR count). The summed E-state index contributed by atoms with van der Waals surface area (Å²) < 4.78 is 16.1. The van der Waals surface area contributed by atoms with Crippen LogP contribution in [-0.2, 0) is 7.05 Å². The lowest BCUT2D eigenvalue weighted by molar-refractivity contribution is 0.0940. The van der Waals surface area contributed by atoms with E-state index in [1.54, 1.807) is 47.3 Å². The first kappa shape index (κ1) is 15.9. The van der Waals surface area contributed by atoms with Gasteiger partial charge in [0.2, 0.25) is 0 Å². The first-order valence-electron chi connectivity index (χ1n) is 7.65. The van der Waals surface area contributed by atoms with Gasteiger partial charge in [-0.3, -0.25) is 4.79 Å². The van der Waals surface area contributed by atoms with Crippen molar-refractivity contribution in [2.24, 2.45) is 7.05 Å². The predicted octanol–water partition coefficient (Wildman–Crippen LogP) is 3.39. The normalized spacial score (nSPS) is 12.0. The number of rotatable bonds is 4. The van der Waals surface area contributed by atoms with Gasteiger partial charge in [0, 0.05) is 30.6 Å². The summed E-state index contributed by atoms with van der Waals surface area (Å²) in [7, 11) is 1.81. The van der Waals surface area contributed by atoms with E-state index in [2.05, 4.69) is 10.3 Å². The molecule has 0 spiro atoms. The molecule has 4 nitrogen and oxygen atoms in total. The number of nitrogens with one attached hydrogen (secondary N) is 1. The fourth-order valence-corrected chi connectivity index (χ4v) is 2.57. The second kappa shape index (κ2) is 6.66. The number of halogens is 1. The minimum Gasteiger partial charge on any atom is -0.338 e. The summed E-state index contributed by atoms with van der Waals surface area (Å²) in [5.74, 6) is -0.0819. The van der Waals surface area contributed by atoms with Crippen molar-refractivity contribution in [3.8, 4) is 0 Å². The molecule has 24 heavy (non-hydrogen) atoms. The fraction of sp³-hybridized carbons (Fsp3) is 0.158. The van der Waals surface area contributed by atoms with Crippen LogP contribution in [-0.4, -0.2) is 15.5 Å². The monoisotopic (exact) mass is 323 g/mol. The Morgan fingerprint density at radius 2 is 1.88 bits per heavy atom. The molecular formula is C19H18FN3O. The van der Waals surface area contributed by atoms with E-state index in [1.165, 1.54) is 6.07 Å². The zero-order valence-corrected chi connectivity index (χ0v) is 13.5. The summed E-state index contributed by atoms with van der Waals surface area (Å²) in [6, 6.07) is 13.0. The Bertz CT molecular complexity index is 855. The van der Waals surface area contributed by atoms with Crippen LogP contribution in [0.25, 0.3) is 0 Å². The van der Waals surface area contributed by atoms with Crippen LogP contribution in [0.2, 0.25) is 0 Å². The zero-order chi connectivity index (χ0) is 17.1. The Morgan fingerprint density at radius 3 is 2.50 bits per heavy atom. The molecular weight excluding hydrogens is 305 g/mol. The predicted molar refractivity (Wildman–Crippen MR) is 90.1 cm³/mol. The van der Waals surface area contributed by atoms with Crippen LogP contribution in [0.5, 0.6) is 0 Å². The van der Waals surface area contributed by atoms with E-state index in [4.69, 9.17) is 0 Å². The second-order valence-electron chi connectivity index (χ2n) is 5.69. The fourth-order valence-electron chi connectivity index (χ4n) is 2.57. The van der Waals surface area contributed by atoms with E-state index in [9.17, 15) is 9.18 Å². The van der Waals surface area contributed by atoms with Crippen molar-refractivity contribution < 1.29 is 9.18 Å². The van der Waals surface area contributed by atoms with Gasteiger partial charge in [-0.1, -0.05) is 35.9 Å². The van der Waals surface area contributed by atoms with Crippen LogP contribution in [0.1, 0.15) is 33.4 Å². The number of nitrogens with zero attached hydrogens (tertiary/aromatic N) is 2. The maximum atomic E-state index is 14.3. The Kier molecular flexibility index (Phi) is 4.42. The summed E-state index contributed by atoms with van der Waals surface area (Å²) in [4.78, 5) is 16.9. The average molecular weight is 323 g/mol. The molecule has 122 valence electrons. The molecule has 0 unspecified atom stereocenters. The van der Waals surface area contributed by atoms with Crippen LogP contribution < -0.4 is 5.32 Å². The van der Waals surface area contributed by atoms with Gasteiger partial charge in [-0.15, -0.1) is 0 Å². The van der Waals surface area contributed by atoms with E-state index in [0.29, 0.717) is 17.0 Å². The second-order valence-corrected chi connectivity index (χ2v) is 5.69. The number of carbonyl (C=O) groups is 1. The van der Waals surface area contributed by atoms with Gasteiger partial charge in [0.1, 0.15) is 17.7 Å². The number of aromatic nitrogens is 2. The van der Waals surface area contributed by atoms with E-state index in [0.717, 1.165) is 5.56 Å². The average Bonchev–Trinajstić information content (AvgIpc) is 3.00. The molecule has 1 aromatic heterocycles. The largest absolute Gasteiger partial charge is 0.338 e. The molecule has 1 heterocycles. The molecule has 1 N–H and O–H groups in total. The van der Waals surface area contributed by atoms with Crippen molar-refractivity contribution in [2.75, 3.05) is 0 Å². The maximum Gasteiger partial charge on any atom is 0.252 e. The highest BCUT2D eigenvalue weighted by Crippen LogP contribution is 2.23. The molecule has 2 aromatic carbocycles. The first-order valence-corrected chi connectivity index (χ1v) is 7.65. The van der Waals surface area contributed by atoms with E-state index >= 15 is 0 Å². The number of benzene rings is 2. The van der Waals surface area contributed by atoms with Crippen LogP contribution in [0.4, 0.5) is 4.39 Å². The molecule has 3 aromatic rings. The number of aryl methyl sites for hydroxylation is 2. The van der Waals surface area contributed by atoms with Crippen LogP contribution in [0, 0.1) is 12.7 Å². The van der Waals surface area contributed by atoms with Crippen molar-refractivity contribution in [3.63, 3.8) is 0 Å². The highest BCUT2D eigenvalue weighted by molar-refractivity contribution is 5.94. The lowest BCUT2D eigenvalue weighted by Gasteiger charge is -2.19. The molecule has 0 fully saturated rings. The van der Waals surface area contributed by atoms with Gasteiger partial charge in [-0.25, -0.2) is 9.37 Å². The minimum absolute atomic E-state index is 0.272. The Hall–Kier alpha value is -2.95. The molecule has 0 aliphatic carbocycles. The first-order chi connectivity index (χ1) is 11.6. The van der Waals surface area contributed by atoms with Gasteiger partial charge in [0.15, 0.2) is 0 Å². The smallest absolute Gasteiger partial charge is 0.252 e. The third kappa shape index (κ3) is 3.20. The van der Waals surface area contributed by atoms with Gasteiger partial charge in [-0.2, -0.15) is 0 Å². The van der Waals surface area contributed by atoms with E-state index in [1.807, 2.05) is 26.1 Å². The SMILES string of the molecule is Cc1ccc(C(=O)N[C@H](c2ccccc2F)c2nccn2C)cc1. The van der Waals surface area contributed by atoms with Crippen molar-refractivity contribution >= 4 is 5.91 Å². The third-order valence-electron chi connectivity index (χ3n) is 3.92. The summed E-state index contributed by atoms with van der Waals surface area (Å²) >= 11 is 0. The van der Waals surface area contributed by atoms with E-state index < -0.39 is 6.04 Å². The Morgan fingerprint density at radius 1 is 1.17 bits per heavy atom. The quantitative estimate of drug-likeness (QED) is 0.800. The number of hydrogen-bond acceptors (Lipinski definition) is 2. The Balaban J connectivity index is 1.97. The maximum absolute atomic E-state index is 14.3. The van der Waals surface area contributed by atoms with E-state index in [-0.39, 0.29) is 11.7 Å². The van der Waals surface area contributed by atoms with Crippen LogP contribution in [0.15, 0.2) is 60.9 Å². The molecule has 0 saturated carbocycles. The van der Waals surface area contributed by atoms with Gasteiger partial charge >= 0.3 is 0 Å². The highest BCUT2D eigenvalue weighted by Gasteiger charge is 2.23. The number of hydrogen-bond donors (Lipinski definition) is 1. The molecule has 0 radical (unpaired) electrons. The lowest BCUT2D eigenvalue weighted by Crippen LogP contribution is -2.31. The number of carbonyl (C=O) groups excluding carboxylic acids is 1. The molecule has 0 saturated heterocycles. The topological polar surface area (TPSA) is 46.9 Å². The van der Waals surface area contributed by atoms with Crippen molar-refractivity contribution in [3.05, 3.63) is 89.3 Å². The standard InChI is InChI=1S/C19H18FN3O/c1-13-7-9-14(10-8-13)19(24)22-17(18-21-11-12-23(18)2)15-5-3-4-6-16(15)20/h3-12,17H,1-2H3,(H,22,24)/t17-/m1/s1. The van der Waals surface area contributed by atoms with Crippen molar-refractivity contribution in [1.29, 1.82) is 0 Å². The molecule has 1 atom stereocenters. The number of amides is 1. The highest BCUT2D eigenvalue weighted by atomic mass is 19.1. The molecule has 0 aliphatic rings. The molecule has 1 amide bonds.